The lowest BCUT2D eigenvalue weighted by atomic mass is 10.2. The van der Waals surface area contributed by atoms with Crippen LogP contribution >= 0.6 is 0 Å². The zero-order valence-electron chi connectivity index (χ0n) is 37.2. The first-order valence-electron chi connectivity index (χ1n) is 19.8. The Balaban J connectivity index is 0.000000242. The van der Waals surface area contributed by atoms with Gasteiger partial charge in [-0.3, -0.25) is 4.90 Å². The minimum Gasteiger partial charge on any atom is -0.493 e. The van der Waals surface area contributed by atoms with Gasteiger partial charge in [0.25, 0.3) is 0 Å². The molecule has 3 heterocycles. The fourth-order valence-electron chi connectivity index (χ4n) is 2.87. The van der Waals surface area contributed by atoms with E-state index in [-0.39, 0.29) is 12.7 Å². The Labute approximate surface area is 249 Å². The summed E-state index contributed by atoms with van der Waals surface area (Å²) >= 11 is 0. The van der Waals surface area contributed by atoms with Crippen molar-refractivity contribution in [2.24, 2.45) is 0 Å². The highest BCUT2D eigenvalue weighted by atomic mass is 16.6. The molecule has 2 unspecified atom stereocenters. The minimum absolute atomic E-state index is 0.282. The molecule has 0 spiro atoms. The Morgan fingerprint density at radius 2 is 1.42 bits per heavy atom. The normalized spacial score (nSPS) is 36.3. The highest BCUT2D eigenvalue weighted by molar-refractivity contribution is 5.40. The van der Waals surface area contributed by atoms with Crippen LogP contribution in [0.25, 0.3) is 0 Å². The molecule has 0 amide bonds. The Bertz CT molecular complexity index is 1470. The largest absolute Gasteiger partial charge is 0.493 e. The summed E-state index contributed by atoms with van der Waals surface area (Å²) in [5, 5.41) is 13.7. The third kappa shape index (κ3) is 11.9. The quantitative estimate of drug-likeness (QED) is 0.388. The monoisotopic (exact) mass is 547 g/mol. The molecular weight excluding hydrogens is 486 g/mol. The van der Waals surface area contributed by atoms with E-state index in [4.69, 9.17) is 45.6 Å². The van der Waals surface area contributed by atoms with E-state index in [0.29, 0.717) is 23.0 Å². The summed E-state index contributed by atoms with van der Waals surface area (Å²) in [5.74, 6) is 2.27. The van der Waals surface area contributed by atoms with Gasteiger partial charge in [-0.25, -0.2) is 0 Å². The molecule has 38 heavy (non-hydrogen) atoms. The number of methoxy groups -OCH3 is 2. The van der Waals surface area contributed by atoms with Crippen LogP contribution in [0.4, 0.5) is 0 Å². The summed E-state index contributed by atoms with van der Waals surface area (Å²) in [6, 6.07) is 14.2. The summed E-state index contributed by atoms with van der Waals surface area (Å²) in [4.78, 5) is 0.340. The van der Waals surface area contributed by atoms with Crippen LogP contribution in [-0.4, -0.2) is 102 Å². The zero-order chi connectivity index (χ0) is 41.2. The number of hydrogen-bond donors (Lipinski definition) is 3. The smallest absolute Gasteiger partial charge is 0.161 e. The lowest BCUT2D eigenvalue weighted by Gasteiger charge is -2.29. The topological polar surface area (TPSA) is 97.0 Å². The first-order chi connectivity index (χ1) is 24.6. The van der Waals surface area contributed by atoms with E-state index in [1.54, 1.807) is 42.0 Å². The maximum atomic E-state index is 10.2. The van der Waals surface area contributed by atoms with Crippen molar-refractivity contribution in [1.29, 1.82) is 0 Å². The SMILES string of the molecule is COc1ccccc1OCC1CO1.[2H]C1([2H])CC([2H])([2H])C([2H])([2H])NC1([2H])[2H].[2H]C1([2H])NC([2H])([2H])C([2H])([2H])N(CC(O)COc2ccccc2OC)C1([2H])[2H]. The standard InChI is InChI=1S/C14H22N2O3.C10H12O3.C5H11N/c1-18-13-4-2-3-5-14(13)19-11-12(17)10-16-8-6-15-7-9-16;1-11-9-4-2-3-5-10(9)13-7-8-6-12-8;1-2-4-6-5-3-1/h2-5,12,15,17H,6-11H2,1H3;2-5,8H,6-7H2,1H3;6H,1-5H2/i6D2,7D2,8D2,9D2;;2D2,3D2,4D2,5D2. The summed E-state index contributed by atoms with van der Waals surface area (Å²) < 4.78 is 147. The van der Waals surface area contributed by atoms with Crippen LogP contribution < -0.4 is 29.6 Å². The number of benzene rings is 2. The molecule has 3 saturated heterocycles. The van der Waals surface area contributed by atoms with Gasteiger partial charge in [0.15, 0.2) is 23.0 Å². The molecule has 3 fully saturated rings. The lowest BCUT2D eigenvalue weighted by molar-refractivity contribution is 0.0632. The Morgan fingerprint density at radius 1 is 0.895 bits per heavy atom. The number of aliphatic hydroxyl groups excluding tert-OH is 1. The molecule has 2 aromatic carbocycles. The zero-order valence-corrected chi connectivity index (χ0v) is 21.2. The number of epoxide rings is 1. The van der Waals surface area contributed by atoms with Crippen molar-refractivity contribution in [3.05, 3.63) is 48.5 Å². The van der Waals surface area contributed by atoms with Crippen LogP contribution in [0.15, 0.2) is 48.5 Å². The number of hydrogen-bond acceptors (Lipinski definition) is 9. The summed E-state index contributed by atoms with van der Waals surface area (Å²) in [5.41, 5.74) is 0. The fourth-order valence-corrected chi connectivity index (χ4v) is 2.87. The first-order valence-corrected chi connectivity index (χ1v) is 11.8. The number of aliphatic hydroxyl groups is 1. The Kier molecular flexibility index (Phi) is 6.92. The van der Waals surface area contributed by atoms with E-state index in [0.717, 1.165) is 18.1 Å². The van der Waals surface area contributed by atoms with Crippen LogP contribution in [0, 0.1) is 0 Å². The van der Waals surface area contributed by atoms with Crippen molar-refractivity contribution in [2.75, 3.05) is 79.6 Å². The predicted molar refractivity (Wildman–Crippen MR) is 149 cm³/mol. The molecule has 9 heteroatoms. The molecule has 2 aromatic rings. The molecule has 212 valence electrons. The van der Waals surface area contributed by atoms with Gasteiger partial charge >= 0.3 is 0 Å². The molecule has 3 aliphatic rings. The summed E-state index contributed by atoms with van der Waals surface area (Å²) in [6.07, 6.45) is -6.81. The number of rotatable bonds is 10. The van der Waals surface area contributed by atoms with Gasteiger partial charge in [-0.15, -0.1) is 0 Å². The second-order valence-corrected chi connectivity index (χ2v) is 7.65. The van der Waals surface area contributed by atoms with E-state index >= 15 is 0 Å². The molecule has 0 aliphatic carbocycles. The van der Waals surface area contributed by atoms with Gasteiger partial charge in [-0.1, -0.05) is 30.7 Å². The van der Waals surface area contributed by atoms with Gasteiger partial charge in [0.1, 0.15) is 25.4 Å². The van der Waals surface area contributed by atoms with Crippen LogP contribution in [0.2, 0.25) is 0 Å². The number of piperidine rings is 1. The third-order valence-corrected chi connectivity index (χ3v) is 4.78. The van der Waals surface area contributed by atoms with Crippen LogP contribution in [0.3, 0.4) is 0 Å². The van der Waals surface area contributed by atoms with E-state index in [1.165, 1.54) is 7.11 Å². The highest BCUT2D eigenvalue weighted by Gasteiger charge is 2.23. The van der Waals surface area contributed by atoms with Crippen molar-refractivity contribution in [3.63, 3.8) is 0 Å². The second kappa shape index (κ2) is 17.9. The third-order valence-electron chi connectivity index (χ3n) is 4.78. The maximum Gasteiger partial charge on any atom is 0.161 e. The molecule has 2 atom stereocenters. The van der Waals surface area contributed by atoms with Crippen LogP contribution in [0.1, 0.15) is 41.1 Å². The van der Waals surface area contributed by atoms with E-state index in [2.05, 4.69) is 0 Å². The lowest BCUT2D eigenvalue weighted by Crippen LogP contribution is -2.47. The molecule has 3 N–H and O–H groups in total. The maximum absolute atomic E-state index is 10.2. The van der Waals surface area contributed by atoms with Gasteiger partial charge in [-0.05, 0) is 50.0 Å². The van der Waals surface area contributed by atoms with E-state index in [9.17, 15) is 5.11 Å². The number of para-hydroxylation sites is 4. The number of nitrogens with one attached hydrogen (secondary N) is 2. The minimum atomic E-state index is -2.94. The molecule has 3 aliphatic heterocycles. The molecule has 0 radical (unpaired) electrons. The van der Waals surface area contributed by atoms with E-state index < -0.39 is 70.8 Å². The average Bonchev–Trinajstić information content (AvgIpc) is 3.88. The van der Waals surface area contributed by atoms with Gasteiger partial charge in [0.05, 0.1) is 20.8 Å². The number of β-amino-alcohol motifs (C(OH)–C–C–N with tert-alkyl or cyclic N) is 1. The molecule has 5 rings (SSSR count). The van der Waals surface area contributed by atoms with Crippen molar-refractivity contribution >= 4 is 0 Å². The molecule has 9 nitrogen and oxygen atoms in total. The first kappa shape index (κ1) is 14.7. The Morgan fingerprint density at radius 3 is 1.95 bits per heavy atom. The fraction of sp³-hybridized carbons (Fsp3) is 0.586. The predicted octanol–water partition coefficient (Wildman–Crippen LogP) is 2.57. The van der Waals surface area contributed by atoms with Gasteiger partial charge in [-0.2, -0.15) is 0 Å². The number of nitrogens with zero attached hydrogens (tertiary/aromatic N) is 1. The second-order valence-electron chi connectivity index (χ2n) is 7.65. The molecule has 0 bridgehead atoms. The van der Waals surface area contributed by atoms with Crippen molar-refractivity contribution in [1.82, 2.24) is 15.5 Å². The van der Waals surface area contributed by atoms with E-state index in [1.807, 2.05) is 24.3 Å². The number of piperazine rings is 1. The Hall–Kier alpha value is -2.56. The van der Waals surface area contributed by atoms with Gasteiger partial charge in [0.2, 0.25) is 0 Å². The van der Waals surface area contributed by atoms with Gasteiger partial charge in [0, 0.05) is 54.5 Å². The number of ether oxygens (including phenoxy) is 5. The summed E-state index contributed by atoms with van der Waals surface area (Å²) in [7, 11) is 3.07. The molecule has 0 aromatic heterocycles. The summed E-state index contributed by atoms with van der Waals surface area (Å²) in [6.45, 7) is -16.4. The average molecular weight is 548 g/mol. The van der Waals surface area contributed by atoms with Crippen molar-refractivity contribution in [2.45, 2.75) is 31.4 Å². The molecule has 0 saturated carbocycles. The molecular formula is C29H45N3O6. The van der Waals surface area contributed by atoms with Gasteiger partial charge < -0.3 is 39.4 Å². The van der Waals surface area contributed by atoms with Crippen molar-refractivity contribution < 1.29 is 50.7 Å². The van der Waals surface area contributed by atoms with Crippen LogP contribution in [0.5, 0.6) is 23.0 Å². The van der Waals surface area contributed by atoms with Crippen molar-refractivity contribution in [3.8, 4) is 23.0 Å². The van der Waals surface area contributed by atoms with Crippen LogP contribution in [-0.2, 0) is 4.74 Å². The highest BCUT2D eigenvalue weighted by Crippen LogP contribution is 2.27.